The molecule has 1 aromatic heterocycles. The van der Waals surface area contributed by atoms with E-state index in [1.54, 1.807) is 29.1 Å². The molecule has 7 nitrogen and oxygen atoms in total. The summed E-state index contributed by atoms with van der Waals surface area (Å²) in [4.78, 5) is 14.9. The third-order valence-corrected chi connectivity index (χ3v) is 5.04. The number of amides is 1. The van der Waals surface area contributed by atoms with Crippen molar-refractivity contribution in [3.8, 4) is 5.69 Å². The van der Waals surface area contributed by atoms with Gasteiger partial charge < -0.3 is 15.2 Å². The number of aliphatic hydroxyl groups is 1. The number of aromatic nitrogens is 2. The molecule has 1 aliphatic heterocycles. The van der Waals surface area contributed by atoms with E-state index in [0.717, 1.165) is 63.0 Å². The van der Waals surface area contributed by atoms with E-state index < -0.39 is 0 Å². The smallest absolute Gasteiger partial charge is 0.252 e. The van der Waals surface area contributed by atoms with Gasteiger partial charge in [-0.15, -0.1) is 6.58 Å². The molecule has 0 atom stereocenters. The highest BCUT2D eigenvalue weighted by atomic mass is 19.1. The lowest BCUT2D eigenvalue weighted by atomic mass is 10.1. The summed E-state index contributed by atoms with van der Waals surface area (Å²) in [6, 6.07) is 11.6. The predicted molar refractivity (Wildman–Crippen MR) is 129 cm³/mol. The maximum atomic E-state index is 13.2. The van der Waals surface area contributed by atoms with Gasteiger partial charge in [0.2, 0.25) is 0 Å². The van der Waals surface area contributed by atoms with Crippen LogP contribution < -0.4 is 5.32 Å². The van der Waals surface area contributed by atoms with Crippen LogP contribution in [0.4, 0.5) is 4.39 Å². The first-order valence-corrected chi connectivity index (χ1v) is 11.0. The van der Waals surface area contributed by atoms with Crippen LogP contribution in [0, 0.1) is 5.82 Å². The lowest BCUT2D eigenvalue weighted by molar-refractivity contribution is 0.0383. The minimum absolute atomic E-state index is 0.118. The van der Waals surface area contributed by atoms with E-state index in [1.165, 1.54) is 12.1 Å². The van der Waals surface area contributed by atoms with Gasteiger partial charge in [0.25, 0.3) is 5.91 Å². The van der Waals surface area contributed by atoms with Gasteiger partial charge >= 0.3 is 0 Å². The molecule has 2 heterocycles. The standard InChI is InChI=1S/C20H21FN4O2.C4H8.CH4O/c21-15-4-6-16(7-5-15)25-19-3-1-2-17(18(19)14-23-25)20(26)22-8-9-24-10-12-27-13-11-24;1-3-4-2;1-2/h1-7,14H,8-13H2,(H,22,26);3H,1,4H2,2H3;2H,1H3. The molecule has 2 aromatic carbocycles. The maximum absolute atomic E-state index is 13.2. The summed E-state index contributed by atoms with van der Waals surface area (Å²) < 4.78 is 20.2. The van der Waals surface area contributed by atoms with Crippen molar-refractivity contribution in [2.45, 2.75) is 13.3 Å². The van der Waals surface area contributed by atoms with Gasteiger partial charge in [-0.25, -0.2) is 9.07 Å². The first kappa shape index (κ1) is 26.2. The number of hydrogen-bond donors (Lipinski definition) is 2. The van der Waals surface area contributed by atoms with Crippen LogP contribution in [0.3, 0.4) is 0 Å². The molecule has 0 aliphatic carbocycles. The van der Waals surface area contributed by atoms with Crippen molar-refractivity contribution in [2.75, 3.05) is 46.5 Å². The first-order valence-electron chi connectivity index (χ1n) is 11.0. The van der Waals surface area contributed by atoms with Gasteiger partial charge in [-0.3, -0.25) is 9.69 Å². The van der Waals surface area contributed by atoms with Crippen LogP contribution in [0.15, 0.2) is 61.3 Å². The predicted octanol–water partition coefficient (Wildman–Crippen LogP) is 3.42. The van der Waals surface area contributed by atoms with Gasteiger partial charge in [0.15, 0.2) is 0 Å². The minimum Gasteiger partial charge on any atom is -0.400 e. The highest BCUT2D eigenvalue weighted by Gasteiger charge is 2.15. The number of benzene rings is 2. The number of rotatable bonds is 6. The zero-order valence-corrected chi connectivity index (χ0v) is 19.3. The van der Waals surface area contributed by atoms with Gasteiger partial charge in [0.1, 0.15) is 5.82 Å². The van der Waals surface area contributed by atoms with Gasteiger partial charge in [0, 0.05) is 38.7 Å². The van der Waals surface area contributed by atoms with E-state index in [-0.39, 0.29) is 11.7 Å². The molecule has 4 rings (SSSR count). The minimum atomic E-state index is -0.296. The average Bonchev–Trinajstić information content (AvgIpc) is 3.31. The third kappa shape index (κ3) is 7.49. The fourth-order valence-corrected chi connectivity index (χ4v) is 3.28. The first-order chi connectivity index (χ1) is 16.1. The van der Waals surface area contributed by atoms with E-state index in [4.69, 9.17) is 9.84 Å². The van der Waals surface area contributed by atoms with Gasteiger partial charge in [0.05, 0.1) is 36.2 Å². The number of nitrogens with one attached hydrogen (secondary N) is 1. The Morgan fingerprint density at radius 3 is 2.52 bits per heavy atom. The second-order valence-electron chi connectivity index (χ2n) is 7.18. The van der Waals surface area contributed by atoms with Crippen molar-refractivity contribution in [2.24, 2.45) is 0 Å². The summed E-state index contributed by atoms with van der Waals surface area (Å²) in [6.45, 7) is 10.2. The van der Waals surface area contributed by atoms with Crippen molar-refractivity contribution in [1.29, 1.82) is 0 Å². The number of hydrogen-bond acceptors (Lipinski definition) is 5. The average molecular weight is 457 g/mol. The molecule has 8 heteroatoms. The number of ether oxygens (including phenoxy) is 1. The number of fused-ring (bicyclic) bond motifs is 1. The molecular weight excluding hydrogens is 423 g/mol. The van der Waals surface area contributed by atoms with Crippen molar-refractivity contribution < 1.29 is 19.0 Å². The van der Waals surface area contributed by atoms with Crippen LogP contribution in [0.25, 0.3) is 16.6 Å². The molecule has 0 unspecified atom stereocenters. The second kappa shape index (κ2) is 14.2. The zero-order valence-electron chi connectivity index (χ0n) is 19.3. The van der Waals surface area contributed by atoms with E-state index in [1.807, 2.05) is 18.2 Å². The van der Waals surface area contributed by atoms with Crippen LogP contribution >= 0.6 is 0 Å². The SMILES string of the molecule is C=CCC.CO.O=C(NCCN1CCOCC1)c1cccc2c1cnn2-c1ccc(F)cc1. The Balaban J connectivity index is 0.000000582. The fourth-order valence-electron chi connectivity index (χ4n) is 3.28. The third-order valence-electron chi connectivity index (χ3n) is 5.04. The number of morpholine rings is 1. The molecule has 1 aliphatic rings. The number of carbonyl (C=O) groups excluding carboxylic acids is 1. The zero-order chi connectivity index (χ0) is 24.1. The van der Waals surface area contributed by atoms with Crippen LogP contribution in [0.2, 0.25) is 0 Å². The summed E-state index contributed by atoms with van der Waals surface area (Å²) in [6.07, 6.45) is 4.63. The Kier molecular flexibility index (Phi) is 11.2. The van der Waals surface area contributed by atoms with E-state index >= 15 is 0 Å². The molecular formula is C25H33FN4O3. The van der Waals surface area contributed by atoms with Crippen LogP contribution in [-0.2, 0) is 4.74 Å². The lowest BCUT2D eigenvalue weighted by Crippen LogP contribution is -2.41. The summed E-state index contributed by atoms with van der Waals surface area (Å²) in [5.41, 5.74) is 2.14. The highest BCUT2D eigenvalue weighted by Crippen LogP contribution is 2.22. The van der Waals surface area contributed by atoms with Crippen LogP contribution in [-0.4, -0.2) is 72.2 Å². The van der Waals surface area contributed by atoms with E-state index in [2.05, 4.69) is 28.8 Å². The number of carbonyl (C=O) groups is 1. The molecule has 0 radical (unpaired) electrons. The van der Waals surface area contributed by atoms with Crippen LogP contribution in [0.5, 0.6) is 0 Å². The van der Waals surface area contributed by atoms with Crippen molar-refractivity contribution in [3.63, 3.8) is 0 Å². The Morgan fingerprint density at radius 2 is 1.88 bits per heavy atom. The van der Waals surface area contributed by atoms with Gasteiger partial charge in [-0.2, -0.15) is 5.10 Å². The van der Waals surface area contributed by atoms with Gasteiger partial charge in [-0.05, 0) is 42.8 Å². The van der Waals surface area contributed by atoms with Gasteiger partial charge in [-0.1, -0.05) is 19.1 Å². The molecule has 1 fully saturated rings. The van der Waals surface area contributed by atoms with Crippen LogP contribution in [0.1, 0.15) is 23.7 Å². The number of nitrogens with zero attached hydrogens (tertiary/aromatic N) is 3. The Labute approximate surface area is 194 Å². The molecule has 0 bridgehead atoms. The molecule has 178 valence electrons. The Hall–Kier alpha value is -3.07. The van der Waals surface area contributed by atoms with E-state index in [0.29, 0.717) is 12.1 Å². The fraction of sp³-hybridized carbons (Fsp3) is 0.360. The monoisotopic (exact) mass is 456 g/mol. The van der Waals surface area contributed by atoms with Crippen molar-refractivity contribution >= 4 is 16.8 Å². The molecule has 1 amide bonds. The summed E-state index contributed by atoms with van der Waals surface area (Å²) in [5, 5.41) is 15.1. The molecule has 3 aromatic rings. The highest BCUT2D eigenvalue weighted by molar-refractivity contribution is 6.06. The maximum Gasteiger partial charge on any atom is 0.252 e. The number of allylic oxidation sites excluding steroid dienone is 1. The molecule has 0 spiro atoms. The molecule has 33 heavy (non-hydrogen) atoms. The second-order valence-corrected chi connectivity index (χ2v) is 7.18. The lowest BCUT2D eigenvalue weighted by Gasteiger charge is -2.26. The topological polar surface area (TPSA) is 79.6 Å². The largest absolute Gasteiger partial charge is 0.400 e. The summed E-state index contributed by atoms with van der Waals surface area (Å²) >= 11 is 0. The summed E-state index contributed by atoms with van der Waals surface area (Å²) in [7, 11) is 1.00. The number of aliphatic hydroxyl groups excluding tert-OH is 1. The van der Waals surface area contributed by atoms with Crippen molar-refractivity contribution in [3.05, 3.63) is 72.7 Å². The number of halogens is 1. The van der Waals surface area contributed by atoms with E-state index in [9.17, 15) is 9.18 Å². The Bertz CT molecular complexity index is 999. The van der Waals surface area contributed by atoms with Crippen molar-refractivity contribution in [1.82, 2.24) is 20.0 Å². The normalized spacial score (nSPS) is 13.3. The summed E-state index contributed by atoms with van der Waals surface area (Å²) in [5.74, 6) is -0.414. The quantitative estimate of drug-likeness (QED) is 0.556. The molecule has 0 saturated carbocycles. The molecule has 1 saturated heterocycles. The molecule has 2 N–H and O–H groups in total. The Morgan fingerprint density at radius 1 is 1.21 bits per heavy atom.